The van der Waals surface area contributed by atoms with Crippen LogP contribution in [0.25, 0.3) is 22.0 Å². The molecule has 1 aromatic heterocycles. The molecule has 0 atom stereocenters. The van der Waals surface area contributed by atoms with Crippen LogP contribution in [-0.4, -0.2) is 12.7 Å². The Bertz CT molecular complexity index is 1010. The average molecular weight is 325 g/mol. The summed E-state index contributed by atoms with van der Waals surface area (Å²) in [5.74, 6) is 0.815. The highest BCUT2D eigenvalue weighted by Gasteiger charge is 2.28. The molecule has 1 heterocycles. The summed E-state index contributed by atoms with van der Waals surface area (Å²) in [5, 5.41) is 1.07. The molecule has 4 heteroatoms. The van der Waals surface area contributed by atoms with Crippen LogP contribution in [0.4, 0.5) is 0 Å². The van der Waals surface area contributed by atoms with Gasteiger partial charge < -0.3 is 14.3 Å². The minimum atomic E-state index is -0.0855. The maximum absolute atomic E-state index is 6.14. The fourth-order valence-corrected chi connectivity index (χ4v) is 3.62. The van der Waals surface area contributed by atoms with Crippen LogP contribution in [0.5, 0.6) is 5.75 Å². The first-order valence-electron chi connectivity index (χ1n) is 8.40. The normalized spacial score (nSPS) is 12.8. The van der Waals surface area contributed by atoms with Gasteiger partial charge in [-0.25, -0.2) is 0 Å². The van der Waals surface area contributed by atoms with Gasteiger partial charge in [-0.2, -0.15) is 0 Å². The first-order chi connectivity index (χ1) is 12.4. The van der Waals surface area contributed by atoms with E-state index in [1.807, 2.05) is 30.5 Å². The van der Waals surface area contributed by atoms with E-state index in [-0.39, 0.29) is 13.8 Å². The molecule has 1 aliphatic carbocycles. The molecule has 0 bridgehead atoms. The van der Waals surface area contributed by atoms with Gasteiger partial charge in [0, 0.05) is 17.1 Å². The van der Waals surface area contributed by atoms with Gasteiger partial charge in [0.15, 0.2) is 0 Å². The van der Waals surface area contributed by atoms with Gasteiger partial charge in [-0.15, -0.1) is 0 Å². The van der Waals surface area contributed by atoms with E-state index in [0.717, 1.165) is 16.7 Å². The quantitative estimate of drug-likeness (QED) is 0.557. The number of aromatic amines is 1. The van der Waals surface area contributed by atoms with Gasteiger partial charge in [-0.1, -0.05) is 60.7 Å². The zero-order chi connectivity index (χ0) is 16.6. The van der Waals surface area contributed by atoms with E-state index < -0.39 is 0 Å². The second-order valence-corrected chi connectivity index (χ2v) is 6.18. The van der Waals surface area contributed by atoms with Crippen LogP contribution < -0.4 is 4.65 Å². The van der Waals surface area contributed by atoms with Gasteiger partial charge in [-0.05, 0) is 34.4 Å². The Morgan fingerprint density at radius 2 is 1.40 bits per heavy atom. The van der Waals surface area contributed by atoms with Crippen LogP contribution >= 0.6 is 0 Å². The number of hydrogen-bond acceptors (Lipinski definition) is 2. The van der Waals surface area contributed by atoms with Crippen LogP contribution in [0.1, 0.15) is 17.2 Å². The van der Waals surface area contributed by atoms with Crippen molar-refractivity contribution < 1.29 is 9.31 Å². The number of nitrogens with one attached hydrogen (secondary N) is 1. The van der Waals surface area contributed by atoms with Crippen molar-refractivity contribution in [3.05, 3.63) is 90.1 Å². The predicted molar refractivity (Wildman–Crippen MR) is 101 cm³/mol. The third-order valence-electron chi connectivity index (χ3n) is 4.78. The standard InChI is InChI=1S/C21H16BNO2/c1-3-9-16-14(7-1)15-8-2-4-10-17(15)21(16)25-22-24-20-13-23-19-12-6-5-11-18(19)20/h1-13,21-23H. The van der Waals surface area contributed by atoms with Crippen molar-refractivity contribution in [2.24, 2.45) is 0 Å². The molecule has 0 saturated heterocycles. The molecule has 3 aromatic carbocycles. The summed E-state index contributed by atoms with van der Waals surface area (Å²) >= 11 is 0. The molecule has 0 unspecified atom stereocenters. The highest BCUT2D eigenvalue weighted by molar-refractivity contribution is 6.20. The number of hydrogen-bond donors (Lipinski definition) is 1. The van der Waals surface area contributed by atoms with Crippen molar-refractivity contribution >= 4 is 18.6 Å². The van der Waals surface area contributed by atoms with Crippen molar-refractivity contribution in [3.8, 4) is 16.9 Å². The molecule has 120 valence electrons. The molecule has 25 heavy (non-hydrogen) atoms. The van der Waals surface area contributed by atoms with E-state index in [1.165, 1.54) is 22.3 Å². The third-order valence-corrected chi connectivity index (χ3v) is 4.78. The van der Waals surface area contributed by atoms with Crippen molar-refractivity contribution in [2.75, 3.05) is 0 Å². The minimum Gasteiger partial charge on any atom is -0.537 e. The average Bonchev–Trinajstić information content (AvgIpc) is 3.22. The van der Waals surface area contributed by atoms with Gasteiger partial charge in [0.05, 0.1) is 6.10 Å². The van der Waals surface area contributed by atoms with Gasteiger partial charge in [0.2, 0.25) is 0 Å². The van der Waals surface area contributed by atoms with Crippen molar-refractivity contribution in [1.82, 2.24) is 4.98 Å². The van der Waals surface area contributed by atoms with Crippen LogP contribution in [0, 0.1) is 0 Å². The Morgan fingerprint density at radius 3 is 2.16 bits per heavy atom. The van der Waals surface area contributed by atoms with Gasteiger partial charge in [-0.3, -0.25) is 0 Å². The Labute approximate surface area is 146 Å². The highest BCUT2D eigenvalue weighted by atomic mass is 16.6. The number of rotatable bonds is 4. The first kappa shape index (κ1) is 14.4. The Kier molecular flexibility index (Phi) is 3.35. The SMILES string of the molecule is B(Oc1c[nH]c2ccccc12)OC1c2ccccc2-c2ccccc21. The smallest absolute Gasteiger partial charge is 0.507 e. The van der Waals surface area contributed by atoms with Crippen LogP contribution in [0.2, 0.25) is 0 Å². The summed E-state index contributed by atoms with van der Waals surface area (Å²) < 4.78 is 12.0. The van der Waals surface area contributed by atoms with Crippen molar-refractivity contribution in [3.63, 3.8) is 0 Å². The molecular weight excluding hydrogens is 309 g/mol. The fourth-order valence-electron chi connectivity index (χ4n) is 3.62. The van der Waals surface area contributed by atoms with Gasteiger partial charge in [0.25, 0.3) is 0 Å². The van der Waals surface area contributed by atoms with Gasteiger partial charge >= 0.3 is 7.69 Å². The highest BCUT2D eigenvalue weighted by Crippen LogP contribution is 2.44. The number of benzene rings is 3. The Morgan fingerprint density at radius 1 is 0.760 bits per heavy atom. The summed E-state index contributed by atoms with van der Waals surface area (Å²) in [7, 11) is 0.204. The summed E-state index contributed by atoms with van der Waals surface area (Å²) in [6.45, 7) is 0. The van der Waals surface area contributed by atoms with E-state index in [4.69, 9.17) is 9.31 Å². The molecule has 0 radical (unpaired) electrons. The van der Waals surface area contributed by atoms with Crippen LogP contribution in [0.3, 0.4) is 0 Å². The number of para-hydroxylation sites is 1. The zero-order valence-corrected chi connectivity index (χ0v) is 13.6. The topological polar surface area (TPSA) is 34.2 Å². The van der Waals surface area contributed by atoms with Gasteiger partial charge in [0.1, 0.15) is 5.75 Å². The molecular formula is C21H16BNO2. The Hall–Kier alpha value is -2.98. The molecule has 0 fully saturated rings. The molecule has 1 aliphatic rings. The zero-order valence-electron chi connectivity index (χ0n) is 13.6. The van der Waals surface area contributed by atoms with Crippen LogP contribution in [-0.2, 0) is 4.65 Å². The predicted octanol–water partition coefficient (Wildman–Crippen LogP) is 4.60. The summed E-state index contributed by atoms with van der Waals surface area (Å²) in [4.78, 5) is 3.22. The third kappa shape index (κ3) is 2.34. The maximum atomic E-state index is 6.14. The number of fused-ring (bicyclic) bond motifs is 4. The monoisotopic (exact) mass is 325 g/mol. The molecule has 0 aliphatic heterocycles. The lowest BCUT2D eigenvalue weighted by Crippen LogP contribution is -2.12. The molecule has 4 aromatic rings. The maximum Gasteiger partial charge on any atom is 0.507 e. The second-order valence-electron chi connectivity index (χ2n) is 6.18. The second kappa shape index (κ2) is 5.83. The van der Waals surface area contributed by atoms with Crippen molar-refractivity contribution in [2.45, 2.75) is 6.10 Å². The first-order valence-corrected chi connectivity index (χ1v) is 8.40. The van der Waals surface area contributed by atoms with Crippen LogP contribution in [0.15, 0.2) is 79.0 Å². The minimum absolute atomic E-state index is 0.0855. The molecule has 3 nitrogen and oxygen atoms in total. The van der Waals surface area contributed by atoms with E-state index >= 15 is 0 Å². The molecule has 1 N–H and O–H groups in total. The van der Waals surface area contributed by atoms with E-state index in [2.05, 4.69) is 53.5 Å². The fraction of sp³-hybridized carbons (Fsp3) is 0.0476. The molecule has 0 spiro atoms. The summed E-state index contributed by atoms with van der Waals surface area (Å²) in [6, 6.07) is 24.9. The van der Waals surface area contributed by atoms with Crippen molar-refractivity contribution in [1.29, 1.82) is 0 Å². The Balaban J connectivity index is 1.39. The van der Waals surface area contributed by atoms with E-state index in [1.54, 1.807) is 0 Å². The van der Waals surface area contributed by atoms with E-state index in [9.17, 15) is 0 Å². The molecule has 0 saturated carbocycles. The number of H-pyrrole nitrogens is 1. The largest absolute Gasteiger partial charge is 0.537 e. The number of aromatic nitrogens is 1. The lowest BCUT2D eigenvalue weighted by Gasteiger charge is -2.14. The lowest BCUT2D eigenvalue weighted by atomic mass is 10.1. The van der Waals surface area contributed by atoms with E-state index in [0.29, 0.717) is 0 Å². The summed E-state index contributed by atoms with van der Waals surface area (Å²) in [6.07, 6.45) is 1.79. The molecule has 5 rings (SSSR count). The molecule has 0 amide bonds. The summed E-state index contributed by atoms with van der Waals surface area (Å²) in [5.41, 5.74) is 5.96. The lowest BCUT2D eigenvalue weighted by molar-refractivity contribution is 0.231.